The maximum Gasteiger partial charge on any atom is 0.0662 e. The lowest BCUT2D eigenvalue weighted by atomic mass is 9.89. The smallest absolute Gasteiger partial charge is 0.0662 e. The molecular weight excluding hydrogens is 200 g/mol. The molecule has 1 heterocycles. The lowest BCUT2D eigenvalue weighted by molar-refractivity contribution is -0.0508. The molecule has 3 fully saturated rings. The molecule has 92 valence electrons. The standard InChI is InChI=1S/C13H24N2O/c14-9-13(6-1-7-16-10-13)15(12-4-5-12)8-11-2-3-11/h11-12H,1-10,14H2. The number of ether oxygens (including phenoxy) is 1. The van der Waals surface area contributed by atoms with Gasteiger partial charge in [-0.1, -0.05) is 0 Å². The average molecular weight is 224 g/mol. The number of nitrogens with two attached hydrogens (primary N) is 1. The monoisotopic (exact) mass is 224 g/mol. The Kier molecular flexibility index (Phi) is 2.94. The van der Waals surface area contributed by atoms with E-state index in [2.05, 4.69) is 4.90 Å². The molecule has 2 N–H and O–H groups in total. The van der Waals surface area contributed by atoms with Crippen LogP contribution >= 0.6 is 0 Å². The lowest BCUT2D eigenvalue weighted by Gasteiger charge is -2.46. The second-order valence-electron chi connectivity index (χ2n) is 5.91. The van der Waals surface area contributed by atoms with Gasteiger partial charge < -0.3 is 10.5 Å². The van der Waals surface area contributed by atoms with E-state index in [4.69, 9.17) is 10.5 Å². The van der Waals surface area contributed by atoms with Gasteiger partial charge >= 0.3 is 0 Å². The van der Waals surface area contributed by atoms with Crippen LogP contribution < -0.4 is 5.73 Å². The van der Waals surface area contributed by atoms with Crippen molar-refractivity contribution in [2.75, 3.05) is 26.3 Å². The van der Waals surface area contributed by atoms with Crippen LogP contribution in [-0.4, -0.2) is 42.8 Å². The Morgan fingerprint density at radius 3 is 2.56 bits per heavy atom. The van der Waals surface area contributed by atoms with Crippen LogP contribution in [0.4, 0.5) is 0 Å². The van der Waals surface area contributed by atoms with Gasteiger partial charge in [-0.05, 0) is 44.4 Å². The second-order valence-corrected chi connectivity index (χ2v) is 5.91. The van der Waals surface area contributed by atoms with Crippen molar-refractivity contribution in [2.45, 2.75) is 50.1 Å². The summed E-state index contributed by atoms with van der Waals surface area (Å²) >= 11 is 0. The summed E-state index contributed by atoms with van der Waals surface area (Å²) in [4.78, 5) is 2.73. The molecule has 1 atom stereocenters. The molecule has 0 amide bonds. The normalized spacial score (nSPS) is 35.6. The van der Waals surface area contributed by atoms with Gasteiger partial charge in [0, 0.05) is 25.7 Å². The van der Waals surface area contributed by atoms with E-state index in [0.717, 1.165) is 31.7 Å². The van der Waals surface area contributed by atoms with Crippen molar-refractivity contribution < 1.29 is 4.74 Å². The third kappa shape index (κ3) is 2.13. The predicted molar refractivity (Wildman–Crippen MR) is 64.3 cm³/mol. The molecule has 2 aliphatic carbocycles. The SMILES string of the molecule is NCC1(N(CC2CC2)C2CC2)CCCOC1. The highest BCUT2D eigenvalue weighted by atomic mass is 16.5. The first-order valence-corrected chi connectivity index (χ1v) is 6.89. The summed E-state index contributed by atoms with van der Waals surface area (Å²) in [6, 6.07) is 0.825. The van der Waals surface area contributed by atoms with Crippen LogP contribution in [0, 0.1) is 5.92 Å². The van der Waals surface area contributed by atoms with E-state index in [0.29, 0.717) is 0 Å². The summed E-state index contributed by atoms with van der Waals surface area (Å²) < 4.78 is 5.72. The van der Waals surface area contributed by atoms with E-state index in [9.17, 15) is 0 Å². The summed E-state index contributed by atoms with van der Waals surface area (Å²) in [6.45, 7) is 3.86. The maximum atomic E-state index is 6.08. The Morgan fingerprint density at radius 1 is 1.25 bits per heavy atom. The maximum absolute atomic E-state index is 6.08. The molecule has 1 saturated heterocycles. The molecule has 0 spiro atoms. The van der Waals surface area contributed by atoms with Gasteiger partial charge in [0.1, 0.15) is 0 Å². The van der Waals surface area contributed by atoms with Gasteiger partial charge in [-0.3, -0.25) is 4.90 Å². The van der Waals surface area contributed by atoms with Crippen LogP contribution in [0.3, 0.4) is 0 Å². The first kappa shape index (κ1) is 11.0. The van der Waals surface area contributed by atoms with Crippen molar-refractivity contribution in [3.05, 3.63) is 0 Å². The van der Waals surface area contributed by atoms with Gasteiger partial charge in [-0.2, -0.15) is 0 Å². The minimum absolute atomic E-state index is 0.183. The molecule has 1 unspecified atom stereocenters. The van der Waals surface area contributed by atoms with Crippen LogP contribution in [0.15, 0.2) is 0 Å². The first-order valence-electron chi connectivity index (χ1n) is 6.89. The minimum atomic E-state index is 0.183. The van der Waals surface area contributed by atoms with Crippen LogP contribution in [0.5, 0.6) is 0 Å². The topological polar surface area (TPSA) is 38.5 Å². The number of rotatable bonds is 5. The molecule has 16 heavy (non-hydrogen) atoms. The first-order chi connectivity index (χ1) is 7.84. The molecule has 2 saturated carbocycles. The Bertz CT molecular complexity index is 242. The summed E-state index contributed by atoms with van der Waals surface area (Å²) in [7, 11) is 0. The largest absolute Gasteiger partial charge is 0.379 e. The second kappa shape index (κ2) is 4.28. The van der Waals surface area contributed by atoms with E-state index in [1.165, 1.54) is 45.1 Å². The van der Waals surface area contributed by atoms with Crippen molar-refractivity contribution in [1.29, 1.82) is 0 Å². The Balaban J connectivity index is 1.72. The van der Waals surface area contributed by atoms with Gasteiger partial charge in [0.2, 0.25) is 0 Å². The zero-order valence-electron chi connectivity index (χ0n) is 10.2. The Morgan fingerprint density at radius 2 is 2.06 bits per heavy atom. The lowest BCUT2D eigenvalue weighted by Crippen LogP contribution is -2.60. The van der Waals surface area contributed by atoms with Gasteiger partial charge in [0.25, 0.3) is 0 Å². The van der Waals surface area contributed by atoms with Crippen molar-refractivity contribution in [3.8, 4) is 0 Å². The number of nitrogens with zero attached hydrogens (tertiary/aromatic N) is 1. The number of hydrogen-bond acceptors (Lipinski definition) is 3. The van der Waals surface area contributed by atoms with E-state index >= 15 is 0 Å². The highest BCUT2D eigenvalue weighted by molar-refractivity contribution is 5.02. The van der Waals surface area contributed by atoms with E-state index < -0.39 is 0 Å². The summed E-state index contributed by atoms with van der Waals surface area (Å²) in [5.74, 6) is 0.964. The minimum Gasteiger partial charge on any atom is -0.379 e. The van der Waals surface area contributed by atoms with Crippen LogP contribution in [0.2, 0.25) is 0 Å². The molecule has 0 aromatic rings. The quantitative estimate of drug-likeness (QED) is 0.766. The zero-order valence-corrected chi connectivity index (χ0v) is 10.2. The highest BCUT2D eigenvalue weighted by Crippen LogP contribution is 2.40. The molecule has 1 aliphatic heterocycles. The van der Waals surface area contributed by atoms with E-state index in [1.54, 1.807) is 0 Å². The molecule has 3 nitrogen and oxygen atoms in total. The Labute approximate surface area is 98.3 Å². The predicted octanol–water partition coefficient (Wildman–Crippen LogP) is 1.37. The fourth-order valence-electron chi connectivity index (χ4n) is 3.04. The summed E-state index contributed by atoms with van der Waals surface area (Å²) in [5, 5.41) is 0. The van der Waals surface area contributed by atoms with Crippen LogP contribution in [-0.2, 0) is 4.74 Å². The van der Waals surface area contributed by atoms with Crippen LogP contribution in [0.1, 0.15) is 38.5 Å². The van der Waals surface area contributed by atoms with Crippen LogP contribution in [0.25, 0.3) is 0 Å². The third-order valence-electron chi connectivity index (χ3n) is 4.43. The number of hydrogen-bond donors (Lipinski definition) is 1. The van der Waals surface area contributed by atoms with Gasteiger partial charge in [-0.15, -0.1) is 0 Å². The van der Waals surface area contributed by atoms with Gasteiger partial charge in [0.15, 0.2) is 0 Å². The van der Waals surface area contributed by atoms with Gasteiger partial charge in [-0.25, -0.2) is 0 Å². The fourth-order valence-corrected chi connectivity index (χ4v) is 3.04. The average Bonchev–Trinajstić information content (AvgIpc) is 3.17. The van der Waals surface area contributed by atoms with Crippen molar-refractivity contribution in [2.24, 2.45) is 11.7 Å². The fraction of sp³-hybridized carbons (Fsp3) is 1.00. The molecule has 0 aromatic heterocycles. The summed E-state index contributed by atoms with van der Waals surface area (Å²) in [5.41, 5.74) is 6.26. The highest BCUT2D eigenvalue weighted by Gasteiger charge is 2.46. The van der Waals surface area contributed by atoms with E-state index in [-0.39, 0.29) is 5.54 Å². The summed E-state index contributed by atoms with van der Waals surface area (Å²) in [6.07, 6.45) is 8.07. The van der Waals surface area contributed by atoms with Crippen molar-refractivity contribution >= 4 is 0 Å². The molecule has 3 rings (SSSR count). The third-order valence-corrected chi connectivity index (χ3v) is 4.43. The van der Waals surface area contributed by atoms with E-state index in [1.807, 2.05) is 0 Å². The molecular formula is C13H24N2O. The molecule has 0 bridgehead atoms. The Hall–Kier alpha value is -0.120. The zero-order chi connectivity index (χ0) is 11.0. The molecule has 0 aromatic carbocycles. The molecule has 3 heteroatoms. The van der Waals surface area contributed by atoms with Crippen molar-refractivity contribution in [1.82, 2.24) is 4.90 Å². The molecule has 0 radical (unpaired) electrons. The molecule has 3 aliphatic rings. The van der Waals surface area contributed by atoms with Gasteiger partial charge in [0.05, 0.1) is 12.1 Å². The van der Waals surface area contributed by atoms with Crippen molar-refractivity contribution in [3.63, 3.8) is 0 Å².